The number of primary amides is 1. The molecule has 1 aromatic carbocycles. The van der Waals surface area contributed by atoms with Crippen molar-refractivity contribution < 1.29 is 9.59 Å². The van der Waals surface area contributed by atoms with Crippen LogP contribution in [0.25, 0.3) is 0 Å². The Labute approximate surface area is 151 Å². The van der Waals surface area contributed by atoms with Gasteiger partial charge in [-0.3, -0.25) is 9.59 Å². The van der Waals surface area contributed by atoms with Gasteiger partial charge in [-0.15, -0.1) is 11.3 Å². The Morgan fingerprint density at radius 1 is 1.32 bits per heavy atom. The van der Waals surface area contributed by atoms with Crippen LogP contribution >= 0.6 is 11.3 Å². The molecule has 5 nitrogen and oxygen atoms in total. The molecule has 3 rings (SSSR count). The van der Waals surface area contributed by atoms with Crippen LogP contribution in [0.4, 0.5) is 5.69 Å². The molecule has 0 bridgehead atoms. The second-order valence-corrected chi connectivity index (χ2v) is 8.28. The Morgan fingerprint density at radius 2 is 2.04 bits per heavy atom. The zero-order chi connectivity index (χ0) is 18.2. The summed E-state index contributed by atoms with van der Waals surface area (Å²) in [6.45, 7) is 6.84. The lowest BCUT2D eigenvalue weighted by Crippen LogP contribution is -2.40. The molecule has 2 N–H and O–H groups in total. The van der Waals surface area contributed by atoms with Crippen LogP contribution < -0.4 is 10.6 Å². The van der Waals surface area contributed by atoms with Gasteiger partial charge in [0, 0.05) is 23.0 Å². The zero-order valence-electron chi connectivity index (χ0n) is 14.8. The third-order valence-electron chi connectivity index (χ3n) is 4.41. The van der Waals surface area contributed by atoms with E-state index < -0.39 is 0 Å². The first-order valence-corrected chi connectivity index (χ1v) is 9.29. The van der Waals surface area contributed by atoms with Crippen molar-refractivity contribution in [2.24, 2.45) is 5.73 Å². The summed E-state index contributed by atoms with van der Waals surface area (Å²) in [7, 11) is 0. The highest BCUT2D eigenvalue weighted by Crippen LogP contribution is 2.35. The van der Waals surface area contributed by atoms with Crippen LogP contribution in [0.5, 0.6) is 0 Å². The number of carbonyl (C=O) groups is 2. The molecule has 0 unspecified atom stereocenters. The van der Waals surface area contributed by atoms with E-state index in [1.54, 1.807) is 16.2 Å². The summed E-state index contributed by atoms with van der Waals surface area (Å²) in [5.41, 5.74) is 7.93. The number of nitrogens with two attached hydrogens (primary N) is 1. The van der Waals surface area contributed by atoms with Crippen molar-refractivity contribution in [2.75, 3.05) is 11.4 Å². The number of anilines is 1. The summed E-state index contributed by atoms with van der Waals surface area (Å²) in [5.74, 6) is -0.665. The van der Waals surface area contributed by atoms with Gasteiger partial charge in [0.2, 0.25) is 11.8 Å². The van der Waals surface area contributed by atoms with Gasteiger partial charge in [0.05, 0.1) is 23.0 Å². The van der Waals surface area contributed by atoms with Crippen molar-refractivity contribution in [3.05, 3.63) is 45.9 Å². The van der Waals surface area contributed by atoms with Gasteiger partial charge < -0.3 is 10.6 Å². The van der Waals surface area contributed by atoms with Crippen LogP contribution in [0.1, 0.15) is 49.4 Å². The second kappa shape index (κ2) is 6.59. The molecule has 132 valence electrons. The smallest absolute Gasteiger partial charge is 0.233 e. The minimum absolute atomic E-state index is 0.00105. The van der Waals surface area contributed by atoms with Crippen molar-refractivity contribution in [3.63, 3.8) is 0 Å². The van der Waals surface area contributed by atoms with Crippen LogP contribution in [-0.4, -0.2) is 23.3 Å². The van der Waals surface area contributed by atoms with Gasteiger partial charge in [-0.05, 0) is 18.1 Å². The third kappa shape index (κ3) is 3.58. The molecular weight excluding hydrogens is 334 g/mol. The normalized spacial score (nSPS) is 17.2. The quantitative estimate of drug-likeness (QED) is 0.917. The monoisotopic (exact) mass is 357 g/mol. The Bertz CT molecular complexity index is 807. The number of hydrogen-bond donors (Lipinski definition) is 1. The van der Waals surface area contributed by atoms with Crippen LogP contribution in [0.3, 0.4) is 0 Å². The summed E-state index contributed by atoms with van der Waals surface area (Å²) in [6.07, 6.45) is 0.824. The number of aromatic nitrogens is 1. The van der Waals surface area contributed by atoms with Gasteiger partial charge in [0.1, 0.15) is 0 Å². The Morgan fingerprint density at radius 3 is 2.68 bits per heavy atom. The first-order chi connectivity index (χ1) is 11.8. The lowest BCUT2D eigenvalue weighted by atomic mass is 9.89. The summed E-state index contributed by atoms with van der Waals surface area (Å²) in [4.78, 5) is 30.9. The molecular formula is C19H23N3O2S. The summed E-state index contributed by atoms with van der Waals surface area (Å²) >= 11 is 1.59. The van der Waals surface area contributed by atoms with E-state index in [4.69, 9.17) is 5.73 Å². The van der Waals surface area contributed by atoms with Crippen LogP contribution in [0.2, 0.25) is 0 Å². The molecule has 1 aliphatic rings. The van der Waals surface area contributed by atoms with Gasteiger partial charge >= 0.3 is 0 Å². The molecule has 1 aromatic heterocycles. The van der Waals surface area contributed by atoms with Gasteiger partial charge in [0.15, 0.2) is 0 Å². The number of rotatable bonds is 3. The molecule has 0 radical (unpaired) electrons. The summed E-state index contributed by atoms with van der Waals surface area (Å²) in [5, 5.41) is 2.99. The first kappa shape index (κ1) is 17.6. The fourth-order valence-corrected chi connectivity index (χ4v) is 4.01. The van der Waals surface area contributed by atoms with Crippen LogP contribution in [-0.2, 0) is 21.4 Å². The van der Waals surface area contributed by atoms with E-state index in [2.05, 4.69) is 25.8 Å². The number of carbonyl (C=O) groups excluding carboxylic acids is 2. The van der Waals surface area contributed by atoms with E-state index in [-0.39, 0.29) is 29.6 Å². The molecule has 1 atom stereocenters. The van der Waals surface area contributed by atoms with Crippen LogP contribution in [0, 0.1) is 0 Å². The van der Waals surface area contributed by atoms with E-state index in [1.165, 1.54) is 0 Å². The minimum Gasteiger partial charge on any atom is -0.369 e. The maximum absolute atomic E-state index is 12.8. The van der Waals surface area contributed by atoms with Crippen molar-refractivity contribution in [1.29, 1.82) is 0 Å². The molecule has 0 fully saturated rings. The van der Waals surface area contributed by atoms with Crippen molar-refractivity contribution >= 4 is 28.8 Å². The predicted octanol–water partition coefficient (Wildman–Crippen LogP) is 2.99. The lowest BCUT2D eigenvalue weighted by molar-refractivity contribution is -0.121. The van der Waals surface area contributed by atoms with E-state index in [1.807, 2.05) is 29.6 Å². The molecule has 0 spiro atoms. The SMILES string of the molecule is CC(C)(C)c1nc(CC(=O)N2CC[C@H](C(N)=O)c3ccccc32)cs1. The molecule has 2 heterocycles. The highest BCUT2D eigenvalue weighted by Gasteiger charge is 2.31. The van der Waals surface area contributed by atoms with E-state index in [0.717, 1.165) is 22.0 Å². The van der Waals surface area contributed by atoms with Gasteiger partial charge in [0.25, 0.3) is 0 Å². The van der Waals surface area contributed by atoms with E-state index in [0.29, 0.717) is 13.0 Å². The standard InChI is InChI=1S/C19H23N3O2S/c1-19(2,3)18-21-12(11-25-18)10-16(23)22-9-8-14(17(20)24)13-6-4-5-7-15(13)22/h4-7,11,14H,8-10H2,1-3H3,(H2,20,24)/t14-/m0/s1. The highest BCUT2D eigenvalue weighted by atomic mass is 32.1. The zero-order valence-corrected chi connectivity index (χ0v) is 15.6. The molecule has 0 aliphatic carbocycles. The van der Waals surface area contributed by atoms with Gasteiger partial charge in [-0.25, -0.2) is 4.98 Å². The predicted molar refractivity (Wildman–Crippen MR) is 99.9 cm³/mol. The second-order valence-electron chi connectivity index (χ2n) is 7.42. The average Bonchev–Trinajstić information content (AvgIpc) is 3.02. The molecule has 2 amide bonds. The molecule has 6 heteroatoms. The van der Waals surface area contributed by atoms with Gasteiger partial charge in [-0.2, -0.15) is 0 Å². The number of para-hydroxylation sites is 1. The number of thiazole rings is 1. The topological polar surface area (TPSA) is 76.3 Å². The maximum atomic E-state index is 12.8. The minimum atomic E-state index is -0.339. The molecule has 0 saturated heterocycles. The Hall–Kier alpha value is -2.21. The maximum Gasteiger partial charge on any atom is 0.233 e. The average molecular weight is 357 g/mol. The summed E-state index contributed by atoms with van der Waals surface area (Å²) in [6, 6.07) is 7.51. The van der Waals surface area contributed by atoms with E-state index >= 15 is 0 Å². The Balaban J connectivity index is 1.82. The largest absolute Gasteiger partial charge is 0.369 e. The van der Waals surface area contributed by atoms with Crippen molar-refractivity contribution in [2.45, 2.75) is 44.9 Å². The molecule has 2 aromatic rings. The van der Waals surface area contributed by atoms with Crippen molar-refractivity contribution in [1.82, 2.24) is 4.98 Å². The number of hydrogen-bond acceptors (Lipinski definition) is 4. The third-order valence-corrected chi connectivity index (χ3v) is 5.73. The number of amides is 2. The summed E-state index contributed by atoms with van der Waals surface area (Å²) < 4.78 is 0. The first-order valence-electron chi connectivity index (χ1n) is 8.41. The van der Waals surface area contributed by atoms with Gasteiger partial charge in [-0.1, -0.05) is 39.0 Å². The lowest BCUT2D eigenvalue weighted by Gasteiger charge is -2.33. The molecule has 25 heavy (non-hydrogen) atoms. The highest BCUT2D eigenvalue weighted by molar-refractivity contribution is 7.09. The molecule has 0 saturated carbocycles. The fraction of sp³-hybridized carbons (Fsp3) is 0.421. The number of nitrogens with zero attached hydrogens (tertiary/aromatic N) is 2. The Kier molecular flexibility index (Phi) is 4.64. The van der Waals surface area contributed by atoms with Crippen molar-refractivity contribution in [3.8, 4) is 0 Å². The number of benzene rings is 1. The number of fused-ring (bicyclic) bond motifs is 1. The van der Waals surface area contributed by atoms with E-state index in [9.17, 15) is 9.59 Å². The fourth-order valence-electron chi connectivity index (χ4n) is 3.10. The molecule has 1 aliphatic heterocycles. The van der Waals surface area contributed by atoms with Crippen LogP contribution in [0.15, 0.2) is 29.6 Å².